The quantitative estimate of drug-likeness (QED) is 0.277. The molecule has 12 heteroatoms. The van der Waals surface area contributed by atoms with Gasteiger partial charge in [0.1, 0.15) is 23.4 Å². The number of hydrogen-bond acceptors (Lipinski definition) is 10. The minimum absolute atomic E-state index is 0.206. The molecule has 11 nitrogen and oxygen atoms in total. The van der Waals surface area contributed by atoms with Gasteiger partial charge in [-0.15, -0.1) is 10.2 Å². The number of nitrogens with zero attached hydrogens (tertiary/aromatic N) is 6. The minimum atomic E-state index is -3.87. The van der Waals surface area contributed by atoms with Gasteiger partial charge in [0, 0.05) is 18.0 Å². The third-order valence-electron chi connectivity index (χ3n) is 6.54. The van der Waals surface area contributed by atoms with Crippen molar-refractivity contribution in [2.75, 3.05) is 7.11 Å². The number of methoxy groups -OCH3 is 1. The smallest absolute Gasteiger partial charge is 0.191 e. The van der Waals surface area contributed by atoms with Crippen LogP contribution in [0.25, 0.3) is 17.2 Å². The predicted molar refractivity (Wildman–Crippen MR) is 145 cm³/mol. The first kappa shape index (κ1) is 28.4. The van der Waals surface area contributed by atoms with Crippen molar-refractivity contribution in [3.8, 4) is 23.0 Å². The maximum atomic E-state index is 13.9. The van der Waals surface area contributed by atoms with Crippen molar-refractivity contribution in [2.24, 2.45) is 0 Å². The van der Waals surface area contributed by atoms with E-state index >= 15 is 0 Å². The van der Waals surface area contributed by atoms with Crippen LogP contribution in [0.3, 0.4) is 0 Å². The Bertz CT molecular complexity index is 1560. The Kier molecular flexibility index (Phi) is 8.17. The first-order valence-corrected chi connectivity index (χ1v) is 14.3. The Balaban J connectivity index is 1.83. The van der Waals surface area contributed by atoms with Crippen molar-refractivity contribution < 1.29 is 22.4 Å². The number of para-hydroxylation sites is 1. The summed E-state index contributed by atoms with van der Waals surface area (Å²) in [7, 11) is -2.31. The molecule has 3 aromatic heterocycles. The largest absolute Gasteiger partial charge is 0.495 e. The molecular weight excluding hydrogens is 520 g/mol. The van der Waals surface area contributed by atoms with Crippen LogP contribution in [0, 0.1) is 27.7 Å². The van der Waals surface area contributed by atoms with Gasteiger partial charge in [0.15, 0.2) is 33.0 Å². The molecule has 4 aromatic rings. The number of aromatic nitrogens is 6. The molecule has 0 fully saturated rings. The predicted octanol–water partition coefficient (Wildman–Crippen LogP) is 4.42. The summed E-state index contributed by atoms with van der Waals surface area (Å²) in [5, 5.41) is 11.9. The van der Waals surface area contributed by atoms with Crippen LogP contribution in [-0.2, 0) is 20.3 Å². The normalized spacial score (nSPS) is 13.6. The van der Waals surface area contributed by atoms with Crippen LogP contribution in [0.4, 0.5) is 0 Å². The average Bonchev–Trinajstić information content (AvgIpc) is 3.43. The zero-order chi connectivity index (χ0) is 28.5. The summed E-state index contributed by atoms with van der Waals surface area (Å²) in [4.78, 5) is 8.72. The van der Waals surface area contributed by atoms with Crippen molar-refractivity contribution in [3.63, 3.8) is 0 Å². The summed E-state index contributed by atoms with van der Waals surface area (Å²) >= 11 is 0. The van der Waals surface area contributed by atoms with Crippen LogP contribution in [0.1, 0.15) is 61.0 Å². The van der Waals surface area contributed by atoms with E-state index in [2.05, 4.69) is 25.3 Å². The highest BCUT2D eigenvalue weighted by Gasteiger charge is 2.36. The second-order valence-corrected chi connectivity index (χ2v) is 12.2. The highest BCUT2D eigenvalue weighted by Crippen LogP contribution is 2.34. The molecule has 0 aliphatic carbocycles. The van der Waals surface area contributed by atoms with Gasteiger partial charge in [0.05, 0.1) is 24.2 Å². The fraction of sp³-hybridized carbons (Fsp3) is 0.444. The standard InChI is InChI=1S/C27H34N6O5S/c1-15(2)37-25(26-28-12-16(3)13-29-26)20(7)39(34,35)14-22-30-31-27(23-18(5)19(6)38-32-23)33(22)24-17(4)10-9-11-21(24)36-8/h9-13,15,20,25H,14H2,1-8H3/t20-,25+/m0/s1. The molecule has 0 amide bonds. The van der Waals surface area contributed by atoms with Gasteiger partial charge in [0.2, 0.25) is 0 Å². The molecule has 0 unspecified atom stereocenters. The van der Waals surface area contributed by atoms with Gasteiger partial charge >= 0.3 is 0 Å². The number of sulfone groups is 1. The topological polar surface area (TPSA) is 135 Å². The van der Waals surface area contributed by atoms with Crippen molar-refractivity contribution in [3.05, 3.63) is 64.7 Å². The van der Waals surface area contributed by atoms with Crippen LogP contribution in [0.5, 0.6) is 5.75 Å². The van der Waals surface area contributed by atoms with Gasteiger partial charge in [-0.05, 0) is 65.7 Å². The number of aryl methyl sites for hydroxylation is 3. The van der Waals surface area contributed by atoms with E-state index in [1.54, 1.807) is 44.0 Å². The van der Waals surface area contributed by atoms with Crippen molar-refractivity contribution in [1.82, 2.24) is 29.9 Å². The van der Waals surface area contributed by atoms with E-state index < -0.39 is 26.9 Å². The Morgan fingerprint density at radius 1 is 1.03 bits per heavy atom. The Morgan fingerprint density at radius 3 is 2.31 bits per heavy atom. The number of hydrogen-bond donors (Lipinski definition) is 0. The van der Waals surface area contributed by atoms with Gasteiger partial charge in [-0.25, -0.2) is 18.4 Å². The van der Waals surface area contributed by atoms with Crippen LogP contribution in [0.15, 0.2) is 35.1 Å². The van der Waals surface area contributed by atoms with Crippen molar-refractivity contribution in [2.45, 2.75) is 71.7 Å². The fourth-order valence-electron chi connectivity index (χ4n) is 4.23. The van der Waals surface area contributed by atoms with Gasteiger partial charge in [-0.1, -0.05) is 17.3 Å². The molecule has 0 saturated carbocycles. The first-order chi connectivity index (χ1) is 18.4. The zero-order valence-electron chi connectivity index (χ0n) is 23.5. The Morgan fingerprint density at radius 2 is 1.72 bits per heavy atom. The van der Waals surface area contributed by atoms with Gasteiger partial charge < -0.3 is 14.0 Å². The molecule has 0 bridgehead atoms. The Labute approximate surface area is 228 Å². The molecule has 2 atom stereocenters. The fourth-order valence-corrected chi connectivity index (χ4v) is 5.60. The summed E-state index contributed by atoms with van der Waals surface area (Å²) in [5.41, 5.74) is 3.57. The monoisotopic (exact) mass is 554 g/mol. The molecule has 0 radical (unpaired) electrons. The van der Waals surface area contributed by atoms with Crippen LogP contribution in [0.2, 0.25) is 0 Å². The summed E-state index contributed by atoms with van der Waals surface area (Å²) in [6, 6.07) is 5.57. The lowest BCUT2D eigenvalue weighted by Crippen LogP contribution is -2.32. The van der Waals surface area contributed by atoms with E-state index in [1.165, 1.54) is 0 Å². The average molecular weight is 555 g/mol. The molecule has 39 heavy (non-hydrogen) atoms. The maximum absolute atomic E-state index is 13.9. The van der Waals surface area contributed by atoms with Crippen LogP contribution < -0.4 is 4.74 Å². The summed E-state index contributed by atoms with van der Waals surface area (Å²) < 4.78 is 46.6. The molecule has 0 saturated heterocycles. The summed E-state index contributed by atoms with van der Waals surface area (Å²) in [6.45, 7) is 12.7. The number of ether oxygens (including phenoxy) is 2. The molecule has 4 rings (SSSR count). The van der Waals surface area contributed by atoms with Crippen molar-refractivity contribution in [1.29, 1.82) is 0 Å². The summed E-state index contributed by atoms with van der Waals surface area (Å²) in [6.07, 6.45) is 2.17. The lowest BCUT2D eigenvalue weighted by Gasteiger charge is -2.25. The van der Waals surface area contributed by atoms with E-state index in [1.807, 2.05) is 46.8 Å². The highest BCUT2D eigenvalue weighted by molar-refractivity contribution is 7.91. The highest BCUT2D eigenvalue weighted by atomic mass is 32.2. The zero-order valence-corrected chi connectivity index (χ0v) is 24.3. The lowest BCUT2D eigenvalue weighted by atomic mass is 10.1. The minimum Gasteiger partial charge on any atom is -0.495 e. The molecule has 1 aromatic carbocycles. The van der Waals surface area contributed by atoms with E-state index in [4.69, 9.17) is 14.0 Å². The van der Waals surface area contributed by atoms with E-state index in [9.17, 15) is 8.42 Å². The molecule has 0 N–H and O–H groups in total. The van der Waals surface area contributed by atoms with E-state index in [0.29, 0.717) is 34.5 Å². The molecule has 0 spiro atoms. The van der Waals surface area contributed by atoms with Gasteiger partial charge in [-0.3, -0.25) is 4.57 Å². The number of rotatable bonds is 10. The molecule has 3 heterocycles. The first-order valence-electron chi connectivity index (χ1n) is 12.6. The molecule has 208 valence electrons. The third kappa shape index (κ3) is 5.71. The molecular formula is C27H34N6O5S. The van der Waals surface area contributed by atoms with Gasteiger partial charge in [-0.2, -0.15) is 0 Å². The van der Waals surface area contributed by atoms with E-state index in [-0.39, 0.29) is 11.9 Å². The SMILES string of the molecule is COc1cccc(C)c1-n1c(CS(=O)(=O)[C@@H](C)[C@@H](OC(C)C)c2ncc(C)cn2)nnc1-c1noc(C)c1C. The van der Waals surface area contributed by atoms with E-state index in [0.717, 1.165) is 16.7 Å². The maximum Gasteiger partial charge on any atom is 0.191 e. The van der Waals surface area contributed by atoms with Crippen molar-refractivity contribution >= 4 is 9.84 Å². The van der Waals surface area contributed by atoms with Crippen LogP contribution >= 0.6 is 0 Å². The third-order valence-corrected chi connectivity index (χ3v) is 8.58. The Hall–Kier alpha value is -3.64. The molecule has 0 aliphatic rings. The second kappa shape index (κ2) is 11.2. The molecule has 0 aliphatic heterocycles. The van der Waals surface area contributed by atoms with Gasteiger partial charge in [0.25, 0.3) is 0 Å². The lowest BCUT2D eigenvalue weighted by molar-refractivity contribution is 0.00141. The second-order valence-electron chi connectivity index (χ2n) is 9.85. The summed E-state index contributed by atoms with van der Waals surface area (Å²) in [5.74, 6) is 1.62. The number of benzene rings is 1. The van der Waals surface area contributed by atoms with Crippen LogP contribution in [-0.4, -0.2) is 56.8 Å².